The van der Waals surface area contributed by atoms with Crippen molar-refractivity contribution in [1.29, 1.82) is 0 Å². The third kappa shape index (κ3) is 4.54. The van der Waals surface area contributed by atoms with Gasteiger partial charge < -0.3 is 20.1 Å². The standard InChI is InChI=1S/C14H22N2O3/c1-16(14(17)12(15)10-18-2)9-8-11-6-4-5-7-13(11)19-3/h4-7,12H,8-10,15H2,1-3H3. The van der Waals surface area contributed by atoms with Gasteiger partial charge in [0.15, 0.2) is 0 Å². The largest absolute Gasteiger partial charge is 0.496 e. The fraction of sp³-hybridized carbons (Fsp3) is 0.500. The second kappa shape index (κ2) is 7.76. The van der Waals surface area contributed by atoms with Crippen LogP contribution >= 0.6 is 0 Å². The number of ether oxygens (including phenoxy) is 2. The number of nitrogens with zero attached hydrogens (tertiary/aromatic N) is 1. The van der Waals surface area contributed by atoms with Crippen LogP contribution in [0.1, 0.15) is 5.56 Å². The van der Waals surface area contributed by atoms with Crippen LogP contribution in [0.4, 0.5) is 0 Å². The molecule has 0 aliphatic rings. The Labute approximate surface area is 114 Å². The molecule has 0 fully saturated rings. The molecule has 0 saturated heterocycles. The quantitative estimate of drug-likeness (QED) is 0.788. The van der Waals surface area contributed by atoms with E-state index in [4.69, 9.17) is 15.2 Å². The molecule has 0 aromatic heterocycles. The Bertz CT molecular complexity index is 409. The minimum atomic E-state index is -0.604. The van der Waals surface area contributed by atoms with E-state index in [-0.39, 0.29) is 12.5 Å². The second-order valence-corrected chi connectivity index (χ2v) is 4.38. The first kappa shape index (κ1) is 15.5. The normalized spacial score (nSPS) is 12.0. The van der Waals surface area contributed by atoms with E-state index in [2.05, 4.69) is 0 Å². The smallest absolute Gasteiger partial charge is 0.241 e. The van der Waals surface area contributed by atoms with E-state index in [9.17, 15) is 4.79 Å². The maximum atomic E-state index is 11.9. The number of carbonyl (C=O) groups is 1. The van der Waals surface area contributed by atoms with Gasteiger partial charge in [0.1, 0.15) is 11.8 Å². The predicted octanol–water partition coefficient (Wildman–Crippen LogP) is 0.670. The molecule has 1 rings (SSSR count). The SMILES string of the molecule is COCC(N)C(=O)N(C)CCc1ccccc1OC. The number of carbonyl (C=O) groups excluding carboxylic acids is 1. The van der Waals surface area contributed by atoms with Crippen LogP contribution in [-0.2, 0) is 16.0 Å². The number of hydrogen-bond donors (Lipinski definition) is 1. The van der Waals surface area contributed by atoms with Crippen molar-refractivity contribution in [1.82, 2.24) is 4.90 Å². The molecule has 5 heteroatoms. The topological polar surface area (TPSA) is 64.8 Å². The maximum Gasteiger partial charge on any atom is 0.241 e. The van der Waals surface area contributed by atoms with Crippen LogP contribution in [-0.4, -0.2) is 51.3 Å². The maximum absolute atomic E-state index is 11.9. The molecule has 106 valence electrons. The molecule has 1 amide bonds. The summed E-state index contributed by atoms with van der Waals surface area (Å²) in [5, 5.41) is 0. The second-order valence-electron chi connectivity index (χ2n) is 4.38. The Morgan fingerprint density at radius 2 is 2.05 bits per heavy atom. The molecule has 1 unspecified atom stereocenters. The van der Waals surface area contributed by atoms with Gasteiger partial charge in [0.25, 0.3) is 0 Å². The third-order valence-electron chi connectivity index (χ3n) is 2.95. The first-order valence-electron chi connectivity index (χ1n) is 6.21. The zero-order chi connectivity index (χ0) is 14.3. The predicted molar refractivity (Wildman–Crippen MR) is 74.2 cm³/mol. The van der Waals surface area contributed by atoms with Gasteiger partial charge in [-0.15, -0.1) is 0 Å². The van der Waals surface area contributed by atoms with Crippen LogP contribution in [0.2, 0.25) is 0 Å². The molecular weight excluding hydrogens is 244 g/mol. The van der Waals surface area contributed by atoms with Gasteiger partial charge in [0.2, 0.25) is 5.91 Å². The number of nitrogens with two attached hydrogens (primary N) is 1. The van der Waals surface area contributed by atoms with Crippen LogP contribution in [0.25, 0.3) is 0 Å². The molecule has 0 radical (unpaired) electrons. The summed E-state index contributed by atoms with van der Waals surface area (Å²) in [5.41, 5.74) is 6.79. The van der Waals surface area contributed by atoms with Crippen LogP contribution in [0, 0.1) is 0 Å². The minimum absolute atomic E-state index is 0.114. The highest BCUT2D eigenvalue weighted by atomic mass is 16.5. The Balaban J connectivity index is 2.54. The summed E-state index contributed by atoms with van der Waals surface area (Å²) in [5.74, 6) is 0.723. The molecule has 0 saturated carbocycles. The average molecular weight is 266 g/mol. The molecule has 1 aromatic carbocycles. The molecule has 0 spiro atoms. The summed E-state index contributed by atoms with van der Waals surface area (Å²) in [6.07, 6.45) is 0.728. The van der Waals surface area contributed by atoms with Crippen molar-refractivity contribution in [3.8, 4) is 5.75 Å². The van der Waals surface area contributed by atoms with Gasteiger partial charge in [0.05, 0.1) is 13.7 Å². The number of benzene rings is 1. The molecule has 0 bridgehead atoms. The van der Waals surface area contributed by atoms with E-state index in [0.717, 1.165) is 17.7 Å². The van der Waals surface area contributed by atoms with E-state index < -0.39 is 6.04 Å². The van der Waals surface area contributed by atoms with Gasteiger partial charge >= 0.3 is 0 Å². The minimum Gasteiger partial charge on any atom is -0.496 e. The van der Waals surface area contributed by atoms with Gasteiger partial charge in [0, 0.05) is 20.7 Å². The summed E-state index contributed by atoms with van der Waals surface area (Å²) in [7, 11) is 4.91. The van der Waals surface area contributed by atoms with E-state index in [1.54, 1.807) is 19.1 Å². The molecule has 2 N–H and O–H groups in total. The lowest BCUT2D eigenvalue weighted by Gasteiger charge is -2.21. The van der Waals surface area contributed by atoms with E-state index >= 15 is 0 Å². The van der Waals surface area contributed by atoms with E-state index in [1.165, 1.54) is 7.11 Å². The lowest BCUT2D eigenvalue weighted by molar-refractivity contribution is -0.132. The van der Waals surface area contributed by atoms with Crippen molar-refractivity contribution in [3.05, 3.63) is 29.8 Å². The lowest BCUT2D eigenvalue weighted by Crippen LogP contribution is -2.45. The highest BCUT2D eigenvalue weighted by Crippen LogP contribution is 2.17. The number of rotatable bonds is 7. The van der Waals surface area contributed by atoms with Crippen molar-refractivity contribution >= 4 is 5.91 Å². The summed E-state index contributed by atoms with van der Waals surface area (Å²) in [4.78, 5) is 13.5. The Kier molecular flexibility index (Phi) is 6.32. The van der Waals surface area contributed by atoms with Gasteiger partial charge in [-0.05, 0) is 18.1 Å². The fourth-order valence-corrected chi connectivity index (χ4v) is 1.84. The third-order valence-corrected chi connectivity index (χ3v) is 2.95. The Morgan fingerprint density at radius 1 is 1.37 bits per heavy atom. The highest BCUT2D eigenvalue weighted by Gasteiger charge is 2.17. The molecule has 0 heterocycles. The molecule has 5 nitrogen and oxygen atoms in total. The van der Waals surface area contributed by atoms with Crippen LogP contribution in [0.15, 0.2) is 24.3 Å². The van der Waals surface area contributed by atoms with Gasteiger partial charge in [-0.1, -0.05) is 18.2 Å². The van der Waals surface area contributed by atoms with Crippen LogP contribution < -0.4 is 10.5 Å². The summed E-state index contributed by atoms with van der Waals surface area (Å²) < 4.78 is 10.2. The first-order valence-corrected chi connectivity index (χ1v) is 6.21. The zero-order valence-corrected chi connectivity index (χ0v) is 11.8. The van der Waals surface area contributed by atoms with Crippen molar-refractivity contribution in [2.45, 2.75) is 12.5 Å². The van der Waals surface area contributed by atoms with E-state index in [0.29, 0.717) is 6.54 Å². The molecule has 19 heavy (non-hydrogen) atoms. The Morgan fingerprint density at radius 3 is 2.68 bits per heavy atom. The highest BCUT2D eigenvalue weighted by molar-refractivity contribution is 5.81. The van der Waals surface area contributed by atoms with Crippen molar-refractivity contribution in [2.75, 3.05) is 34.4 Å². The first-order chi connectivity index (χ1) is 9.10. The Hall–Kier alpha value is -1.59. The van der Waals surface area contributed by atoms with Crippen molar-refractivity contribution < 1.29 is 14.3 Å². The van der Waals surface area contributed by atoms with Crippen molar-refractivity contribution in [3.63, 3.8) is 0 Å². The number of amides is 1. The molecule has 0 aliphatic carbocycles. The zero-order valence-electron chi connectivity index (χ0n) is 11.8. The fourth-order valence-electron chi connectivity index (χ4n) is 1.84. The lowest BCUT2D eigenvalue weighted by atomic mass is 10.1. The number of methoxy groups -OCH3 is 2. The monoisotopic (exact) mass is 266 g/mol. The number of hydrogen-bond acceptors (Lipinski definition) is 4. The summed E-state index contributed by atoms with van der Waals surface area (Å²) >= 11 is 0. The number of likely N-dealkylation sites (N-methyl/N-ethyl adjacent to an activating group) is 1. The van der Waals surface area contributed by atoms with Gasteiger partial charge in [-0.3, -0.25) is 4.79 Å². The average Bonchev–Trinajstić information content (AvgIpc) is 2.44. The number of para-hydroxylation sites is 1. The molecule has 1 atom stereocenters. The summed E-state index contributed by atoms with van der Waals surface area (Å²) in [6.45, 7) is 0.828. The van der Waals surface area contributed by atoms with Gasteiger partial charge in [-0.2, -0.15) is 0 Å². The van der Waals surface area contributed by atoms with Crippen LogP contribution in [0.3, 0.4) is 0 Å². The van der Waals surface area contributed by atoms with Crippen LogP contribution in [0.5, 0.6) is 5.75 Å². The van der Waals surface area contributed by atoms with Crippen molar-refractivity contribution in [2.24, 2.45) is 5.73 Å². The molecular formula is C14H22N2O3. The van der Waals surface area contributed by atoms with E-state index in [1.807, 2.05) is 24.3 Å². The molecule has 0 aliphatic heterocycles. The van der Waals surface area contributed by atoms with Gasteiger partial charge in [-0.25, -0.2) is 0 Å². The summed E-state index contributed by atoms with van der Waals surface area (Å²) in [6, 6.07) is 7.18. The molecule has 1 aromatic rings.